The molecule has 0 fully saturated rings. The molecular weight excluding hydrogens is 448 g/mol. The van der Waals surface area contributed by atoms with Crippen molar-refractivity contribution < 1.29 is 9.90 Å². The standard InChI is InChI=1S/C22H18N4O2S3/c1-2-16-19(21(27)28)24-20(30-16)12-7-8-17-13(11-12)14(9-10-29-17)25-26-22-23-15-5-3-4-6-18(15)31-22/h3-8,11H,2,9-10H2,1H3,(H,23,26)(H,27,28)/b25-14+. The first kappa shape index (κ1) is 20.2. The Hall–Kier alpha value is -2.75. The van der Waals surface area contributed by atoms with E-state index in [4.69, 9.17) is 0 Å². The summed E-state index contributed by atoms with van der Waals surface area (Å²) in [5.74, 6) is -0.0113. The van der Waals surface area contributed by atoms with Gasteiger partial charge in [0.25, 0.3) is 0 Å². The third kappa shape index (κ3) is 3.96. The van der Waals surface area contributed by atoms with Crippen LogP contribution in [0.25, 0.3) is 20.8 Å². The number of anilines is 1. The monoisotopic (exact) mass is 466 g/mol. The number of hydrogen-bond donors (Lipinski definition) is 2. The summed E-state index contributed by atoms with van der Waals surface area (Å²) in [4.78, 5) is 22.4. The lowest BCUT2D eigenvalue weighted by atomic mass is 10.0. The van der Waals surface area contributed by atoms with E-state index in [0.717, 1.165) is 54.2 Å². The molecule has 0 saturated carbocycles. The Morgan fingerprint density at radius 2 is 2.06 bits per heavy atom. The zero-order valence-electron chi connectivity index (χ0n) is 16.6. The molecule has 0 radical (unpaired) electrons. The molecule has 3 heterocycles. The largest absolute Gasteiger partial charge is 0.476 e. The van der Waals surface area contributed by atoms with Gasteiger partial charge in [-0.1, -0.05) is 36.5 Å². The summed E-state index contributed by atoms with van der Waals surface area (Å²) in [7, 11) is 0. The first-order valence-corrected chi connectivity index (χ1v) is 12.4. The van der Waals surface area contributed by atoms with E-state index >= 15 is 0 Å². The molecule has 9 heteroatoms. The number of para-hydroxylation sites is 1. The molecule has 0 spiro atoms. The number of hydrazone groups is 1. The average molecular weight is 467 g/mol. The van der Waals surface area contributed by atoms with Crippen LogP contribution in [0.15, 0.2) is 52.5 Å². The topological polar surface area (TPSA) is 87.5 Å². The minimum Gasteiger partial charge on any atom is -0.476 e. The number of benzene rings is 2. The number of carboxylic acids is 1. The maximum Gasteiger partial charge on any atom is 0.355 e. The lowest BCUT2D eigenvalue weighted by molar-refractivity contribution is 0.0690. The van der Waals surface area contributed by atoms with Gasteiger partial charge in [-0.3, -0.25) is 5.43 Å². The zero-order chi connectivity index (χ0) is 21.4. The Morgan fingerprint density at radius 1 is 1.19 bits per heavy atom. The zero-order valence-corrected chi connectivity index (χ0v) is 19.0. The van der Waals surface area contributed by atoms with Gasteiger partial charge in [0.05, 0.1) is 15.9 Å². The molecule has 6 nitrogen and oxygen atoms in total. The number of thiazole rings is 2. The van der Waals surface area contributed by atoms with Crippen molar-refractivity contribution in [2.24, 2.45) is 5.10 Å². The fourth-order valence-electron chi connectivity index (χ4n) is 3.44. The average Bonchev–Trinajstić information content (AvgIpc) is 3.41. The summed E-state index contributed by atoms with van der Waals surface area (Å²) in [6, 6.07) is 14.2. The second-order valence-electron chi connectivity index (χ2n) is 6.92. The maximum absolute atomic E-state index is 11.5. The van der Waals surface area contributed by atoms with Crippen LogP contribution in [0.1, 0.15) is 34.3 Å². The molecule has 5 rings (SSSR count). The van der Waals surface area contributed by atoms with Gasteiger partial charge >= 0.3 is 5.97 Å². The molecule has 0 aliphatic carbocycles. The molecule has 2 N–H and O–H groups in total. The maximum atomic E-state index is 11.5. The molecule has 2 aromatic heterocycles. The SMILES string of the molecule is CCc1sc(-c2ccc3c(c2)/C(=N/Nc2nc4ccccc4s2)CCS3)nc1C(=O)O. The predicted octanol–water partition coefficient (Wildman–Crippen LogP) is 5.99. The molecule has 4 aromatic rings. The van der Waals surface area contributed by atoms with Crippen LogP contribution < -0.4 is 5.43 Å². The van der Waals surface area contributed by atoms with Gasteiger partial charge in [0.2, 0.25) is 5.13 Å². The van der Waals surface area contributed by atoms with E-state index in [1.54, 1.807) is 23.1 Å². The van der Waals surface area contributed by atoms with Gasteiger partial charge in [-0.25, -0.2) is 14.8 Å². The van der Waals surface area contributed by atoms with E-state index in [1.807, 2.05) is 37.3 Å². The first-order chi connectivity index (χ1) is 15.1. The first-order valence-electron chi connectivity index (χ1n) is 9.81. The third-order valence-electron chi connectivity index (χ3n) is 4.94. The van der Waals surface area contributed by atoms with E-state index < -0.39 is 5.97 Å². The Bertz CT molecular complexity index is 1290. The summed E-state index contributed by atoms with van der Waals surface area (Å²) in [6.45, 7) is 1.95. The number of hydrogen-bond acceptors (Lipinski definition) is 8. The van der Waals surface area contributed by atoms with Crippen LogP contribution in [-0.4, -0.2) is 32.5 Å². The van der Waals surface area contributed by atoms with E-state index in [1.165, 1.54) is 16.2 Å². The second-order valence-corrected chi connectivity index (χ2v) is 10.2. The van der Waals surface area contributed by atoms with Gasteiger partial charge in [0.15, 0.2) is 5.69 Å². The van der Waals surface area contributed by atoms with E-state index in [0.29, 0.717) is 6.42 Å². The van der Waals surface area contributed by atoms with Crippen molar-refractivity contribution in [2.45, 2.75) is 24.7 Å². The number of carbonyl (C=O) groups is 1. The molecule has 0 bridgehead atoms. The third-order valence-corrected chi connectivity index (χ3v) is 8.20. The molecule has 0 unspecified atom stereocenters. The fraction of sp³-hybridized carbons (Fsp3) is 0.182. The Kier molecular flexibility index (Phi) is 5.47. The number of aryl methyl sites for hydroxylation is 1. The van der Waals surface area contributed by atoms with Crippen LogP contribution in [0, 0.1) is 0 Å². The Labute approximate surface area is 191 Å². The molecule has 1 aliphatic heterocycles. The van der Waals surface area contributed by atoms with Gasteiger partial charge < -0.3 is 5.11 Å². The van der Waals surface area contributed by atoms with Gasteiger partial charge in [0, 0.05) is 33.1 Å². The molecule has 1 aliphatic rings. The Morgan fingerprint density at radius 3 is 2.84 bits per heavy atom. The second kappa shape index (κ2) is 8.41. The molecule has 0 atom stereocenters. The van der Waals surface area contributed by atoms with Crippen molar-refractivity contribution in [3.8, 4) is 10.6 Å². The number of carboxylic acid groups (broad SMARTS) is 1. The lowest BCUT2D eigenvalue weighted by Gasteiger charge is -2.18. The molecule has 0 saturated heterocycles. The minimum absolute atomic E-state index is 0.154. The number of aromatic nitrogens is 2. The van der Waals surface area contributed by atoms with E-state index in [2.05, 4.69) is 32.6 Å². The molecule has 156 valence electrons. The highest BCUT2D eigenvalue weighted by Gasteiger charge is 2.21. The quantitative estimate of drug-likeness (QED) is 0.351. The minimum atomic E-state index is -0.977. The lowest BCUT2D eigenvalue weighted by Crippen LogP contribution is -2.12. The highest BCUT2D eigenvalue weighted by Crippen LogP contribution is 2.36. The number of nitrogens with one attached hydrogen (secondary N) is 1. The number of nitrogens with zero attached hydrogens (tertiary/aromatic N) is 3. The molecular formula is C22H18N4O2S3. The molecule has 2 aromatic carbocycles. The Balaban J connectivity index is 1.48. The highest BCUT2D eigenvalue weighted by molar-refractivity contribution is 7.99. The summed E-state index contributed by atoms with van der Waals surface area (Å²) in [6.07, 6.45) is 1.50. The smallest absolute Gasteiger partial charge is 0.355 e. The van der Waals surface area contributed by atoms with Gasteiger partial charge in [0.1, 0.15) is 5.01 Å². The molecule has 31 heavy (non-hydrogen) atoms. The van der Waals surface area contributed by atoms with Crippen molar-refractivity contribution >= 4 is 61.5 Å². The fourth-order valence-corrected chi connectivity index (χ4v) is 6.25. The van der Waals surface area contributed by atoms with Crippen molar-refractivity contribution in [3.63, 3.8) is 0 Å². The van der Waals surface area contributed by atoms with Crippen LogP contribution in [0.2, 0.25) is 0 Å². The normalized spacial score (nSPS) is 14.7. The number of rotatable bonds is 5. The van der Waals surface area contributed by atoms with Crippen molar-refractivity contribution in [3.05, 3.63) is 58.6 Å². The van der Waals surface area contributed by atoms with Crippen molar-refractivity contribution in [1.29, 1.82) is 0 Å². The summed E-state index contributed by atoms with van der Waals surface area (Å²) < 4.78 is 1.12. The van der Waals surface area contributed by atoms with Crippen molar-refractivity contribution in [1.82, 2.24) is 9.97 Å². The van der Waals surface area contributed by atoms with Crippen LogP contribution in [0.5, 0.6) is 0 Å². The van der Waals surface area contributed by atoms with Gasteiger partial charge in [-0.2, -0.15) is 5.10 Å². The van der Waals surface area contributed by atoms with Crippen LogP contribution >= 0.6 is 34.4 Å². The number of fused-ring (bicyclic) bond motifs is 2. The number of aromatic carboxylic acids is 1. The summed E-state index contributed by atoms with van der Waals surface area (Å²) in [5, 5.41) is 15.6. The van der Waals surface area contributed by atoms with Gasteiger partial charge in [-0.15, -0.1) is 23.1 Å². The van der Waals surface area contributed by atoms with E-state index in [9.17, 15) is 9.90 Å². The summed E-state index contributed by atoms with van der Waals surface area (Å²) in [5.41, 5.74) is 7.20. The highest BCUT2D eigenvalue weighted by atomic mass is 32.2. The van der Waals surface area contributed by atoms with Crippen LogP contribution in [0.4, 0.5) is 5.13 Å². The molecule has 0 amide bonds. The van der Waals surface area contributed by atoms with Crippen LogP contribution in [0.3, 0.4) is 0 Å². The van der Waals surface area contributed by atoms with Gasteiger partial charge in [-0.05, 0) is 30.7 Å². The summed E-state index contributed by atoms with van der Waals surface area (Å²) >= 11 is 4.83. The van der Waals surface area contributed by atoms with Crippen LogP contribution in [-0.2, 0) is 6.42 Å². The predicted molar refractivity (Wildman–Crippen MR) is 129 cm³/mol. The van der Waals surface area contributed by atoms with E-state index in [-0.39, 0.29) is 5.69 Å². The van der Waals surface area contributed by atoms with Crippen molar-refractivity contribution in [2.75, 3.05) is 11.2 Å². The number of thioether (sulfide) groups is 1.